The molecule has 1 saturated heterocycles. The summed E-state index contributed by atoms with van der Waals surface area (Å²) in [6, 6.07) is 9.03. The molecule has 0 radical (unpaired) electrons. The topological polar surface area (TPSA) is 54.4 Å². The van der Waals surface area contributed by atoms with E-state index in [1.807, 2.05) is 32.0 Å². The number of amides is 1. The lowest BCUT2D eigenvalue weighted by Crippen LogP contribution is -2.59. The van der Waals surface area contributed by atoms with Gasteiger partial charge in [-0.15, -0.1) is 0 Å². The average molecular weight is 320 g/mol. The number of nitrogens with zero attached hydrogens (tertiary/aromatic N) is 1. The third kappa shape index (κ3) is 2.96. The monoisotopic (exact) mass is 320 g/mol. The second kappa shape index (κ2) is 6.67. The zero-order valence-corrected chi connectivity index (χ0v) is 13.8. The summed E-state index contributed by atoms with van der Waals surface area (Å²) >= 11 is 5.51. The molecule has 1 amide bonds. The number of quaternary nitrogens is 1. The van der Waals surface area contributed by atoms with Crippen LogP contribution in [0.25, 0.3) is 0 Å². The fourth-order valence-electron chi connectivity index (χ4n) is 3.28. The van der Waals surface area contributed by atoms with Gasteiger partial charge in [-0.05, 0) is 19.1 Å². The second-order valence-corrected chi connectivity index (χ2v) is 6.52. The third-order valence-electron chi connectivity index (χ3n) is 4.63. The number of carboxylic acid groups (broad SMARTS) is 1. The van der Waals surface area contributed by atoms with Gasteiger partial charge in [0, 0.05) is 30.7 Å². The van der Waals surface area contributed by atoms with Gasteiger partial charge in [0.1, 0.15) is 6.04 Å². The number of ketones is 1. The molecule has 2 unspecified atom stereocenters. The Hall–Kier alpha value is -1.59. The molecule has 0 bridgehead atoms. The predicted octanol–water partition coefficient (Wildman–Crippen LogP) is 3.90. The van der Waals surface area contributed by atoms with E-state index in [1.165, 1.54) is 0 Å². The van der Waals surface area contributed by atoms with Crippen LogP contribution in [0.15, 0.2) is 30.3 Å². The number of hydrogen-bond donors (Lipinski definition) is 1. The minimum absolute atomic E-state index is 0.00541. The lowest BCUT2D eigenvalue weighted by Gasteiger charge is -2.34. The molecule has 1 heterocycles. The number of carbonyl (C=O) groups is 2. The molecule has 0 aromatic heterocycles. The summed E-state index contributed by atoms with van der Waals surface area (Å²) in [6.45, 7) is 4.31. The zero-order valence-electron chi connectivity index (χ0n) is 13.0. The Morgan fingerprint density at radius 3 is 2.50 bits per heavy atom. The summed E-state index contributed by atoms with van der Waals surface area (Å²) in [6.07, 6.45) is 1.07. The molecule has 118 valence electrons. The maximum absolute atomic E-state index is 12.3. The lowest BCUT2D eigenvalue weighted by atomic mass is 9.98. The molecular formula is C17H22NO3S+. The normalized spacial score (nSPS) is 25.6. The first-order valence-corrected chi connectivity index (χ1v) is 8.04. The number of carbonyl (C=O) groups excluding carboxylic acids is 1. The van der Waals surface area contributed by atoms with E-state index in [0.29, 0.717) is 17.1 Å². The van der Waals surface area contributed by atoms with Crippen LogP contribution in [0, 0.1) is 5.92 Å². The van der Waals surface area contributed by atoms with Gasteiger partial charge in [-0.1, -0.05) is 37.3 Å². The van der Waals surface area contributed by atoms with Gasteiger partial charge in [0.2, 0.25) is 0 Å². The van der Waals surface area contributed by atoms with E-state index in [0.717, 1.165) is 12.8 Å². The summed E-state index contributed by atoms with van der Waals surface area (Å²) in [4.78, 5) is 24.6. The fraction of sp³-hybridized carbons (Fsp3) is 0.471. The van der Waals surface area contributed by atoms with Crippen LogP contribution >= 0.6 is 12.2 Å². The van der Waals surface area contributed by atoms with Gasteiger partial charge < -0.3 is 5.11 Å². The van der Waals surface area contributed by atoms with Crippen molar-refractivity contribution < 1.29 is 19.2 Å². The highest BCUT2D eigenvalue weighted by Gasteiger charge is 2.51. The van der Waals surface area contributed by atoms with Gasteiger partial charge >= 0.3 is 6.09 Å². The van der Waals surface area contributed by atoms with Crippen molar-refractivity contribution in [2.24, 2.45) is 5.92 Å². The highest BCUT2D eigenvalue weighted by molar-refractivity contribution is 7.80. The fourth-order valence-corrected chi connectivity index (χ4v) is 3.72. The lowest BCUT2D eigenvalue weighted by molar-refractivity contribution is -0.777. The van der Waals surface area contributed by atoms with E-state index >= 15 is 0 Å². The Morgan fingerprint density at radius 2 is 2.00 bits per heavy atom. The van der Waals surface area contributed by atoms with Crippen molar-refractivity contribution >= 4 is 29.1 Å². The van der Waals surface area contributed by atoms with E-state index in [4.69, 9.17) is 12.2 Å². The Morgan fingerprint density at radius 1 is 1.36 bits per heavy atom. The maximum atomic E-state index is 12.3. The van der Waals surface area contributed by atoms with Crippen LogP contribution in [0.4, 0.5) is 4.79 Å². The highest BCUT2D eigenvalue weighted by Crippen LogP contribution is 2.32. The van der Waals surface area contributed by atoms with Crippen LogP contribution in [0.1, 0.15) is 43.5 Å². The standard InChI is InChI=1S/C17H21NO3S/c1-12(11-15(19)14-8-4-3-5-9-14)16(22)18(17(20)21)10-6-7-13(18)2/h3-5,8-9,12-13H,6-7,10-11H2,1-2H3/p+1/t12?,13-,18?/m1/s1. The first-order valence-electron chi connectivity index (χ1n) is 7.63. The van der Waals surface area contributed by atoms with E-state index in [-0.39, 0.29) is 28.6 Å². The summed E-state index contributed by atoms with van der Waals surface area (Å²) < 4.78 is -0.168. The van der Waals surface area contributed by atoms with Gasteiger partial charge in [-0.3, -0.25) is 4.79 Å². The minimum atomic E-state index is -0.894. The van der Waals surface area contributed by atoms with Crippen LogP contribution in [0.5, 0.6) is 0 Å². The van der Waals surface area contributed by atoms with Crippen LogP contribution < -0.4 is 0 Å². The minimum Gasteiger partial charge on any atom is -0.435 e. The van der Waals surface area contributed by atoms with Crippen LogP contribution in [0.2, 0.25) is 0 Å². The molecule has 4 nitrogen and oxygen atoms in total. The number of rotatable bonds is 4. The quantitative estimate of drug-likeness (QED) is 0.519. The molecule has 5 heteroatoms. The Balaban J connectivity index is 2.15. The number of hydrogen-bond acceptors (Lipinski definition) is 3. The van der Waals surface area contributed by atoms with Crippen LogP contribution in [-0.2, 0) is 0 Å². The van der Waals surface area contributed by atoms with E-state index in [9.17, 15) is 14.7 Å². The van der Waals surface area contributed by atoms with Gasteiger partial charge in [-0.2, -0.15) is 9.28 Å². The summed E-state index contributed by atoms with van der Waals surface area (Å²) in [5.41, 5.74) is 0.647. The number of thiocarbonyl (C=S) groups is 1. The Bertz CT molecular complexity index is 587. The molecule has 2 rings (SSSR count). The SMILES string of the molecule is CC(CC(=O)c1ccccc1)C(=S)[N+]1(C(=O)O)CCC[C@H]1C. The molecule has 0 aliphatic carbocycles. The van der Waals surface area contributed by atoms with Gasteiger partial charge in [0.05, 0.1) is 6.54 Å². The summed E-state index contributed by atoms with van der Waals surface area (Å²) in [7, 11) is 0. The van der Waals surface area contributed by atoms with Crippen LogP contribution in [0.3, 0.4) is 0 Å². The molecule has 1 aliphatic rings. The molecule has 1 aromatic rings. The average Bonchev–Trinajstić information content (AvgIpc) is 2.90. The first kappa shape index (κ1) is 16.8. The van der Waals surface area contributed by atoms with Crippen molar-refractivity contribution in [3.05, 3.63) is 35.9 Å². The third-order valence-corrected chi connectivity index (χ3v) is 5.36. The predicted molar refractivity (Wildman–Crippen MR) is 89.0 cm³/mol. The first-order chi connectivity index (χ1) is 10.4. The number of benzene rings is 1. The number of likely N-dealkylation sites (tertiary alicyclic amines) is 1. The van der Waals surface area contributed by atoms with Gasteiger partial charge in [0.25, 0.3) is 0 Å². The molecule has 1 aromatic carbocycles. The molecule has 3 atom stereocenters. The highest BCUT2D eigenvalue weighted by atomic mass is 32.1. The Labute approximate surface area is 136 Å². The zero-order chi connectivity index (χ0) is 16.3. The summed E-state index contributed by atoms with van der Waals surface area (Å²) in [5.74, 6) is -0.231. The van der Waals surface area contributed by atoms with Gasteiger partial charge in [-0.25, -0.2) is 0 Å². The van der Waals surface area contributed by atoms with E-state index in [1.54, 1.807) is 12.1 Å². The van der Waals surface area contributed by atoms with Crippen molar-refractivity contribution in [2.75, 3.05) is 6.54 Å². The maximum Gasteiger partial charge on any atom is 0.519 e. The van der Waals surface area contributed by atoms with Crippen LogP contribution in [-0.4, -0.2) is 39.0 Å². The Kier molecular flexibility index (Phi) is 5.08. The molecule has 22 heavy (non-hydrogen) atoms. The van der Waals surface area contributed by atoms with Crippen molar-refractivity contribution in [3.8, 4) is 0 Å². The van der Waals surface area contributed by atoms with Gasteiger partial charge in [0.15, 0.2) is 10.8 Å². The molecular weight excluding hydrogens is 298 g/mol. The summed E-state index contributed by atoms with van der Waals surface area (Å²) in [5, 5.41) is 9.70. The molecule has 0 saturated carbocycles. The molecule has 0 spiro atoms. The molecule has 1 fully saturated rings. The second-order valence-electron chi connectivity index (χ2n) is 6.10. The van der Waals surface area contributed by atoms with Crippen molar-refractivity contribution in [3.63, 3.8) is 0 Å². The van der Waals surface area contributed by atoms with Crippen molar-refractivity contribution in [1.29, 1.82) is 0 Å². The smallest absolute Gasteiger partial charge is 0.435 e. The largest absolute Gasteiger partial charge is 0.519 e. The molecule has 1 N–H and O–H groups in total. The van der Waals surface area contributed by atoms with E-state index in [2.05, 4.69) is 0 Å². The van der Waals surface area contributed by atoms with E-state index < -0.39 is 6.09 Å². The molecule has 1 aliphatic heterocycles. The van der Waals surface area contributed by atoms with Crippen molar-refractivity contribution in [1.82, 2.24) is 0 Å². The van der Waals surface area contributed by atoms with Crippen molar-refractivity contribution in [2.45, 2.75) is 39.2 Å². The number of Topliss-reactive ketones (excluding diaryl/α,β-unsaturated/α-hetero) is 1.